The third kappa shape index (κ3) is 5.82. The minimum absolute atomic E-state index is 0.182. The van der Waals surface area contributed by atoms with Crippen LogP contribution in [-0.4, -0.2) is 28.7 Å². The molecule has 2 aromatic carbocycles. The maximum Gasteiger partial charge on any atom is 0.338 e. The molecule has 0 spiro atoms. The average Bonchev–Trinajstić information content (AvgIpc) is 2.78. The number of aliphatic hydroxyl groups is 1. The smallest absolute Gasteiger partial charge is 0.338 e. The van der Waals surface area contributed by atoms with Gasteiger partial charge in [-0.3, -0.25) is 4.79 Å². The summed E-state index contributed by atoms with van der Waals surface area (Å²) < 4.78 is 5.79. The summed E-state index contributed by atoms with van der Waals surface area (Å²) in [6.45, 7) is 5.88. The maximum atomic E-state index is 13.0. The van der Waals surface area contributed by atoms with Gasteiger partial charge in [-0.15, -0.1) is 0 Å². The van der Waals surface area contributed by atoms with Crippen molar-refractivity contribution in [3.05, 3.63) is 83.4 Å². The number of ether oxygens (including phenoxy) is 1. The zero-order valence-electron chi connectivity index (χ0n) is 18.4. The number of aliphatic hydroxyl groups excluding tert-OH is 1. The van der Waals surface area contributed by atoms with Crippen LogP contribution in [0.3, 0.4) is 0 Å². The molecule has 3 rings (SSSR count). The molecule has 1 aliphatic rings. The monoisotopic (exact) mass is 421 g/mol. The quantitative estimate of drug-likeness (QED) is 0.507. The normalized spacial score (nSPS) is 18.5. The molecule has 5 heteroatoms. The molecule has 1 amide bonds. The van der Waals surface area contributed by atoms with Crippen molar-refractivity contribution >= 4 is 11.9 Å². The number of esters is 1. The van der Waals surface area contributed by atoms with Crippen LogP contribution < -0.4 is 5.32 Å². The molecule has 164 valence electrons. The molecule has 0 bridgehead atoms. The van der Waals surface area contributed by atoms with E-state index >= 15 is 0 Å². The lowest BCUT2D eigenvalue weighted by molar-refractivity contribution is -0.173. The number of rotatable bonds is 7. The van der Waals surface area contributed by atoms with Gasteiger partial charge in [-0.25, -0.2) is 4.79 Å². The van der Waals surface area contributed by atoms with Crippen LogP contribution >= 0.6 is 0 Å². The largest absolute Gasteiger partial charge is 0.457 e. The van der Waals surface area contributed by atoms with Crippen LogP contribution in [0.5, 0.6) is 0 Å². The van der Waals surface area contributed by atoms with Crippen molar-refractivity contribution in [2.24, 2.45) is 5.92 Å². The number of hydrogen-bond donors (Lipinski definition) is 2. The fourth-order valence-electron chi connectivity index (χ4n) is 3.95. The van der Waals surface area contributed by atoms with Crippen molar-refractivity contribution < 1.29 is 19.4 Å². The number of benzene rings is 2. The standard InChI is InChI=1S/C26H31NO4/c1-18-14-16-21(17-15-18)26(2,3)31-25(30)23(28)22(19-10-6-4-7-11-19)27-24(29)20-12-8-5-9-13-20/h4-14,21-23,28H,15-17H2,1-3H3,(H,27,29). The molecule has 3 unspecified atom stereocenters. The lowest BCUT2D eigenvalue weighted by atomic mass is 9.79. The number of amides is 1. The van der Waals surface area contributed by atoms with E-state index in [1.54, 1.807) is 48.5 Å². The first-order valence-electron chi connectivity index (χ1n) is 10.8. The van der Waals surface area contributed by atoms with Crippen molar-refractivity contribution in [3.8, 4) is 0 Å². The molecular weight excluding hydrogens is 390 g/mol. The van der Waals surface area contributed by atoms with E-state index < -0.39 is 23.7 Å². The van der Waals surface area contributed by atoms with Crippen LogP contribution in [0.15, 0.2) is 72.3 Å². The van der Waals surface area contributed by atoms with E-state index in [2.05, 4.69) is 18.3 Å². The predicted molar refractivity (Wildman–Crippen MR) is 120 cm³/mol. The highest BCUT2D eigenvalue weighted by Crippen LogP contribution is 2.35. The van der Waals surface area contributed by atoms with Gasteiger partial charge in [0.05, 0.1) is 6.04 Å². The topological polar surface area (TPSA) is 75.6 Å². The van der Waals surface area contributed by atoms with Crippen LogP contribution in [0, 0.1) is 5.92 Å². The van der Waals surface area contributed by atoms with Crippen molar-refractivity contribution in [3.63, 3.8) is 0 Å². The van der Waals surface area contributed by atoms with E-state index in [1.807, 2.05) is 26.0 Å². The van der Waals surface area contributed by atoms with E-state index in [0.29, 0.717) is 11.1 Å². The molecule has 0 heterocycles. The Morgan fingerprint density at radius 1 is 1.06 bits per heavy atom. The van der Waals surface area contributed by atoms with Gasteiger partial charge in [0.1, 0.15) is 5.60 Å². The van der Waals surface area contributed by atoms with Gasteiger partial charge >= 0.3 is 5.97 Å². The van der Waals surface area contributed by atoms with Gasteiger partial charge in [-0.05, 0) is 57.7 Å². The third-order valence-corrected chi connectivity index (χ3v) is 6.02. The molecule has 1 aliphatic carbocycles. The van der Waals surface area contributed by atoms with Crippen molar-refractivity contribution in [2.45, 2.75) is 57.8 Å². The van der Waals surface area contributed by atoms with Gasteiger partial charge in [0.2, 0.25) is 0 Å². The lowest BCUT2D eigenvalue weighted by Gasteiger charge is -2.37. The third-order valence-electron chi connectivity index (χ3n) is 6.02. The Hall–Kier alpha value is -2.92. The highest BCUT2D eigenvalue weighted by molar-refractivity contribution is 5.94. The molecule has 3 atom stereocenters. The minimum atomic E-state index is -1.53. The molecule has 0 radical (unpaired) electrons. The molecule has 2 N–H and O–H groups in total. The zero-order chi connectivity index (χ0) is 22.4. The van der Waals surface area contributed by atoms with Crippen molar-refractivity contribution in [1.82, 2.24) is 5.32 Å². The Bertz CT molecular complexity index is 921. The Morgan fingerprint density at radius 3 is 2.26 bits per heavy atom. The summed E-state index contributed by atoms with van der Waals surface area (Å²) >= 11 is 0. The number of nitrogens with one attached hydrogen (secondary N) is 1. The van der Waals surface area contributed by atoms with Gasteiger partial charge in [0.25, 0.3) is 5.91 Å². The van der Waals surface area contributed by atoms with E-state index in [1.165, 1.54) is 5.57 Å². The van der Waals surface area contributed by atoms with E-state index in [4.69, 9.17) is 4.74 Å². The number of allylic oxidation sites excluding steroid dienone is 2. The SMILES string of the molecule is CC1=CCC(C(C)(C)OC(=O)C(O)C(NC(=O)c2ccccc2)c2ccccc2)CC1. The molecule has 0 saturated carbocycles. The first-order chi connectivity index (χ1) is 14.8. The molecular formula is C26H31NO4. The highest BCUT2D eigenvalue weighted by atomic mass is 16.6. The molecule has 2 aromatic rings. The summed E-state index contributed by atoms with van der Waals surface area (Å²) in [6.07, 6.45) is 3.41. The van der Waals surface area contributed by atoms with Crippen molar-refractivity contribution in [1.29, 1.82) is 0 Å². The van der Waals surface area contributed by atoms with Crippen LogP contribution in [0.2, 0.25) is 0 Å². The van der Waals surface area contributed by atoms with Crippen molar-refractivity contribution in [2.75, 3.05) is 0 Å². The summed E-state index contributed by atoms with van der Waals surface area (Å²) in [5.74, 6) is -0.923. The Morgan fingerprint density at radius 2 is 1.68 bits per heavy atom. The van der Waals surface area contributed by atoms with Gasteiger partial charge in [0.15, 0.2) is 6.10 Å². The Kier molecular flexibility index (Phi) is 7.29. The summed E-state index contributed by atoms with van der Waals surface area (Å²) in [4.78, 5) is 25.7. The predicted octanol–water partition coefficient (Wildman–Crippen LogP) is 4.59. The minimum Gasteiger partial charge on any atom is -0.457 e. The molecule has 0 saturated heterocycles. The van der Waals surface area contributed by atoms with E-state index in [-0.39, 0.29) is 11.8 Å². The molecule has 0 aromatic heterocycles. The highest BCUT2D eigenvalue weighted by Gasteiger charge is 2.38. The number of hydrogen-bond acceptors (Lipinski definition) is 4. The zero-order valence-corrected chi connectivity index (χ0v) is 18.4. The van der Waals surface area contributed by atoms with Gasteiger partial charge in [0, 0.05) is 11.5 Å². The summed E-state index contributed by atoms with van der Waals surface area (Å²) in [5, 5.41) is 13.7. The van der Waals surface area contributed by atoms with Crippen LogP contribution in [0.1, 0.15) is 62.0 Å². The van der Waals surface area contributed by atoms with Crippen LogP contribution in [0.4, 0.5) is 0 Å². The molecule has 31 heavy (non-hydrogen) atoms. The maximum absolute atomic E-state index is 13.0. The fourth-order valence-corrected chi connectivity index (χ4v) is 3.95. The van der Waals surface area contributed by atoms with E-state index in [0.717, 1.165) is 19.3 Å². The average molecular weight is 422 g/mol. The Labute approximate surface area is 184 Å². The summed E-state index contributed by atoms with van der Waals surface area (Å²) in [7, 11) is 0. The second-order valence-corrected chi connectivity index (χ2v) is 8.72. The Balaban J connectivity index is 1.76. The van der Waals surface area contributed by atoms with Gasteiger partial charge < -0.3 is 15.2 Å². The van der Waals surface area contributed by atoms with Gasteiger partial charge in [-0.2, -0.15) is 0 Å². The lowest BCUT2D eigenvalue weighted by Crippen LogP contribution is -2.45. The van der Waals surface area contributed by atoms with Crippen LogP contribution in [0.25, 0.3) is 0 Å². The molecule has 0 fully saturated rings. The fraction of sp³-hybridized carbons (Fsp3) is 0.385. The second kappa shape index (κ2) is 9.92. The first kappa shape index (κ1) is 22.8. The van der Waals surface area contributed by atoms with E-state index in [9.17, 15) is 14.7 Å². The van der Waals surface area contributed by atoms with Crippen LogP contribution in [-0.2, 0) is 9.53 Å². The summed E-state index contributed by atoms with van der Waals surface area (Å²) in [6, 6.07) is 16.8. The number of carbonyl (C=O) groups is 2. The second-order valence-electron chi connectivity index (χ2n) is 8.72. The summed E-state index contributed by atoms with van der Waals surface area (Å²) in [5.41, 5.74) is 1.71. The van der Waals surface area contributed by atoms with Gasteiger partial charge in [-0.1, -0.05) is 60.2 Å². The first-order valence-corrected chi connectivity index (χ1v) is 10.8. The molecule has 0 aliphatic heterocycles. The molecule has 5 nitrogen and oxygen atoms in total. The number of carbonyl (C=O) groups excluding carboxylic acids is 2.